The first-order chi connectivity index (χ1) is 7.75. The minimum atomic E-state index is 0.303. The molecule has 0 amide bonds. The van der Waals surface area contributed by atoms with Crippen molar-refractivity contribution in [3.05, 3.63) is 34.9 Å². The Labute approximate surface area is 106 Å². The fourth-order valence-electron chi connectivity index (χ4n) is 1.74. The normalized spacial score (nSPS) is 19.7. The van der Waals surface area contributed by atoms with E-state index in [1.54, 1.807) is 0 Å². The first kappa shape index (κ1) is 11.8. The van der Waals surface area contributed by atoms with Crippen molar-refractivity contribution in [1.82, 2.24) is 5.32 Å². The molecule has 1 aliphatic heterocycles. The predicted molar refractivity (Wildman–Crippen MR) is 70.1 cm³/mol. The fourth-order valence-corrected chi connectivity index (χ4v) is 2.14. The van der Waals surface area contributed by atoms with Crippen molar-refractivity contribution in [3.8, 4) is 0 Å². The molecule has 0 bridgehead atoms. The molecule has 1 saturated heterocycles. The average molecular weight is 256 g/mol. The Balaban J connectivity index is 1.87. The molecule has 1 N–H and O–H groups in total. The van der Waals surface area contributed by atoms with Crippen molar-refractivity contribution >= 4 is 28.8 Å². The van der Waals surface area contributed by atoms with E-state index in [4.69, 9.17) is 28.6 Å². The Morgan fingerprint density at radius 2 is 2.44 bits per heavy atom. The number of thiocarbonyl (C=S) groups is 1. The number of halogens is 1. The van der Waals surface area contributed by atoms with Crippen LogP contribution in [-0.4, -0.2) is 24.2 Å². The van der Waals surface area contributed by atoms with Gasteiger partial charge in [0.2, 0.25) is 0 Å². The van der Waals surface area contributed by atoms with Gasteiger partial charge in [-0.05, 0) is 25.0 Å². The van der Waals surface area contributed by atoms with E-state index >= 15 is 0 Å². The second-order valence-corrected chi connectivity index (χ2v) is 4.70. The first-order valence-corrected chi connectivity index (χ1v) is 6.20. The molecule has 1 atom stereocenters. The molecule has 86 valence electrons. The molecule has 2 rings (SSSR count). The van der Waals surface area contributed by atoms with E-state index < -0.39 is 0 Å². The minimum Gasteiger partial charge on any atom is -0.376 e. The van der Waals surface area contributed by atoms with E-state index in [9.17, 15) is 0 Å². The summed E-state index contributed by atoms with van der Waals surface area (Å²) in [4.78, 5) is 0.734. The van der Waals surface area contributed by atoms with Crippen molar-refractivity contribution in [2.45, 2.75) is 18.9 Å². The van der Waals surface area contributed by atoms with Gasteiger partial charge >= 0.3 is 0 Å². The lowest BCUT2D eigenvalue weighted by Crippen LogP contribution is -2.31. The van der Waals surface area contributed by atoms with E-state index in [0.717, 1.165) is 36.5 Å². The van der Waals surface area contributed by atoms with Gasteiger partial charge in [-0.25, -0.2) is 0 Å². The lowest BCUT2D eigenvalue weighted by atomic mass is 10.2. The van der Waals surface area contributed by atoms with Gasteiger partial charge in [0.1, 0.15) is 4.99 Å². The smallest absolute Gasteiger partial charge is 0.106 e. The van der Waals surface area contributed by atoms with Gasteiger partial charge in [0.05, 0.1) is 6.10 Å². The van der Waals surface area contributed by atoms with Gasteiger partial charge in [0.25, 0.3) is 0 Å². The summed E-state index contributed by atoms with van der Waals surface area (Å²) in [6.07, 6.45) is 2.57. The summed E-state index contributed by atoms with van der Waals surface area (Å²) in [7, 11) is 0. The van der Waals surface area contributed by atoms with Gasteiger partial charge in [-0.15, -0.1) is 0 Å². The third-order valence-corrected chi connectivity index (χ3v) is 3.22. The molecule has 16 heavy (non-hydrogen) atoms. The molecule has 0 aliphatic carbocycles. The summed E-state index contributed by atoms with van der Waals surface area (Å²) in [5.74, 6) is 0. The number of benzene rings is 1. The van der Waals surface area contributed by atoms with Gasteiger partial charge in [-0.3, -0.25) is 0 Å². The van der Waals surface area contributed by atoms with Gasteiger partial charge in [-0.1, -0.05) is 36.0 Å². The SMILES string of the molecule is S=C(NC[C@@H]1CCCO1)c1cccc(Cl)c1. The van der Waals surface area contributed by atoms with Crippen LogP contribution >= 0.6 is 23.8 Å². The second kappa shape index (κ2) is 5.62. The molecule has 4 heteroatoms. The Hall–Kier alpha value is -0.640. The third-order valence-electron chi connectivity index (χ3n) is 2.60. The highest BCUT2D eigenvalue weighted by Crippen LogP contribution is 2.13. The summed E-state index contributed by atoms with van der Waals surface area (Å²) in [5, 5.41) is 3.92. The standard InChI is InChI=1S/C12H14ClNOS/c13-10-4-1-3-9(7-10)12(16)14-8-11-5-2-6-15-11/h1,3-4,7,11H,2,5-6,8H2,(H,14,16)/t11-/m0/s1. The Kier molecular flexibility index (Phi) is 4.16. The predicted octanol–water partition coefficient (Wildman–Crippen LogP) is 2.78. The van der Waals surface area contributed by atoms with Crippen LogP contribution in [0.2, 0.25) is 5.02 Å². The van der Waals surface area contributed by atoms with Crippen molar-refractivity contribution in [2.24, 2.45) is 0 Å². The zero-order valence-corrected chi connectivity index (χ0v) is 10.5. The molecule has 2 nitrogen and oxygen atoms in total. The maximum Gasteiger partial charge on any atom is 0.106 e. The Morgan fingerprint density at radius 1 is 1.56 bits per heavy atom. The summed E-state index contributed by atoms with van der Waals surface area (Å²) in [6.45, 7) is 1.65. The van der Waals surface area contributed by atoms with Crippen molar-refractivity contribution in [2.75, 3.05) is 13.2 Å². The summed E-state index contributed by atoms with van der Waals surface area (Å²) < 4.78 is 5.51. The van der Waals surface area contributed by atoms with Gasteiger partial charge < -0.3 is 10.1 Å². The van der Waals surface area contributed by atoms with E-state index in [1.165, 1.54) is 0 Å². The monoisotopic (exact) mass is 255 g/mol. The fraction of sp³-hybridized carbons (Fsp3) is 0.417. The molecule has 0 aromatic heterocycles. The van der Waals surface area contributed by atoms with Crippen LogP contribution in [0.4, 0.5) is 0 Å². The summed E-state index contributed by atoms with van der Waals surface area (Å²) in [6, 6.07) is 7.56. The van der Waals surface area contributed by atoms with E-state index in [-0.39, 0.29) is 0 Å². The molecule has 1 aromatic carbocycles. The van der Waals surface area contributed by atoms with E-state index in [1.807, 2.05) is 24.3 Å². The lowest BCUT2D eigenvalue weighted by molar-refractivity contribution is 0.114. The number of ether oxygens (including phenoxy) is 1. The molecule has 1 aliphatic rings. The highest BCUT2D eigenvalue weighted by Gasteiger charge is 2.15. The minimum absolute atomic E-state index is 0.303. The highest BCUT2D eigenvalue weighted by molar-refractivity contribution is 7.80. The van der Waals surface area contributed by atoms with Gasteiger partial charge in [0.15, 0.2) is 0 Å². The van der Waals surface area contributed by atoms with Crippen LogP contribution in [0.3, 0.4) is 0 Å². The topological polar surface area (TPSA) is 21.3 Å². The summed E-state index contributed by atoms with van der Waals surface area (Å²) >= 11 is 11.2. The third kappa shape index (κ3) is 3.17. The zero-order chi connectivity index (χ0) is 11.4. The highest BCUT2D eigenvalue weighted by atomic mass is 35.5. The van der Waals surface area contributed by atoms with E-state index in [2.05, 4.69) is 5.32 Å². The molecule has 1 aromatic rings. The second-order valence-electron chi connectivity index (χ2n) is 3.86. The number of rotatable bonds is 3. The lowest BCUT2D eigenvalue weighted by Gasteiger charge is -2.12. The van der Waals surface area contributed by atoms with Crippen LogP contribution < -0.4 is 5.32 Å². The largest absolute Gasteiger partial charge is 0.376 e. The van der Waals surface area contributed by atoms with Crippen LogP contribution in [0.1, 0.15) is 18.4 Å². The maximum atomic E-state index is 5.90. The maximum absolute atomic E-state index is 5.90. The molecular weight excluding hydrogens is 242 g/mol. The molecule has 1 heterocycles. The van der Waals surface area contributed by atoms with Crippen LogP contribution in [0.5, 0.6) is 0 Å². The number of nitrogens with one attached hydrogen (secondary N) is 1. The van der Waals surface area contributed by atoms with Crippen LogP contribution in [-0.2, 0) is 4.74 Å². The Morgan fingerprint density at radius 3 is 3.12 bits per heavy atom. The van der Waals surface area contributed by atoms with Gasteiger partial charge in [-0.2, -0.15) is 0 Å². The van der Waals surface area contributed by atoms with Crippen LogP contribution in [0.25, 0.3) is 0 Å². The molecule has 0 radical (unpaired) electrons. The molecular formula is C12H14ClNOS. The molecule has 0 unspecified atom stereocenters. The molecule has 1 fully saturated rings. The molecule has 0 saturated carbocycles. The van der Waals surface area contributed by atoms with E-state index in [0.29, 0.717) is 11.1 Å². The number of hydrogen-bond acceptors (Lipinski definition) is 2. The van der Waals surface area contributed by atoms with Crippen LogP contribution in [0.15, 0.2) is 24.3 Å². The first-order valence-electron chi connectivity index (χ1n) is 5.41. The Bertz CT molecular complexity index is 377. The molecule has 0 spiro atoms. The van der Waals surface area contributed by atoms with Crippen molar-refractivity contribution in [3.63, 3.8) is 0 Å². The summed E-state index contributed by atoms with van der Waals surface area (Å²) in [5.41, 5.74) is 0.959. The zero-order valence-electron chi connectivity index (χ0n) is 8.91. The van der Waals surface area contributed by atoms with Crippen LogP contribution in [0, 0.1) is 0 Å². The van der Waals surface area contributed by atoms with Gasteiger partial charge in [0, 0.05) is 23.7 Å². The van der Waals surface area contributed by atoms with Crippen molar-refractivity contribution in [1.29, 1.82) is 0 Å². The average Bonchev–Trinajstić information content (AvgIpc) is 2.78. The quantitative estimate of drug-likeness (QED) is 0.840. The van der Waals surface area contributed by atoms with Crippen molar-refractivity contribution < 1.29 is 4.74 Å². The number of hydrogen-bond donors (Lipinski definition) is 1.